The summed E-state index contributed by atoms with van der Waals surface area (Å²) in [7, 11) is 1.54. The van der Waals surface area contributed by atoms with Crippen molar-refractivity contribution in [1.82, 2.24) is 4.98 Å². The molecule has 4 aromatic rings. The molecule has 2 N–H and O–H groups in total. The predicted molar refractivity (Wildman–Crippen MR) is 141 cm³/mol. The number of aromatic nitrogens is 1. The maximum absolute atomic E-state index is 15.6. The van der Waals surface area contributed by atoms with Crippen molar-refractivity contribution >= 4 is 34.7 Å². The lowest BCUT2D eigenvalue weighted by Crippen LogP contribution is -2.60. The van der Waals surface area contributed by atoms with Gasteiger partial charge in [0.1, 0.15) is 24.5 Å². The van der Waals surface area contributed by atoms with Gasteiger partial charge in [0, 0.05) is 31.2 Å². The van der Waals surface area contributed by atoms with Gasteiger partial charge in [0.05, 0.1) is 12.0 Å². The number of nitrogens with zero attached hydrogens (tertiary/aromatic N) is 2. The highest BCUT2D eigenvalue weighted by atomic mass is 19.1. The fourth-order valence-corrected chi connectivity index (χ4v) is 5.03. The molecule has 2 atom stereocenters. The number of benzene rings is 3. The molecule has 1 fully saturated rings. The van der Waals surface area contributed by atoms with Crippen LogP contribution < -0.4 is 10.2 Å². The molecule has 0 bridgehead atoms. The Labute approximate surface area is 228 Å². The summed E-state index contributed by atoms with van der Waals surface area (Å²) >= 11 is 0. The Morgan fingerprint density at radius 3 is 2.65 bits per heavy atom. The summed E-state index contributed by atoms with van der Waals surface area (Å²) in [5.74, 6) is -2.31. The van der Waals surface area contributed by atoms with E-state index in [1.54, 1.807) is 19.1 Å². The number of hydroxylamine groups is 3. The molecule has 0 aliphatic carbocycles. The first-order valence-corrected chi connectivity index (χ1v) is 12.7. The Morgan fingerprint density at radius 2 is 1.93 bits per heavy atom. The fraction of sp³-hybridized carbons (Fsp3) is 0.276. The molecule has 1 saturated heterocycles. The Kier molecular flexibility index (Phi) is 7.51. The number of hydrogen-bond donors (Lipinski definition) is 2. The zero-order valence-corrected chi connectivity index (χ0v) is 21.9. The number of fused-ring (bicyclic) bond motifs is 1. The monoisotopic (exact) mass is 552 g/mol. The van der Waals surface area contributed by atoms with Crippen molar-refractivity contribution in [1.29, 1.82) is 0 Å². The summed E-state index contributed by atoms with van der Waals surface area (Å²) < 4.78 is 39.9. The van der Waals surface area contributed by atoms with Crippen molar-refractivity contribution in [3.63, 3.8) is 0 Å². The molecule has 5 rings (SSSR count). The maximum Gasteiger partial charge on any atom is 0.359 e. The minimum absolute atomic E-state index is 0.0116. The molecule has 0 radical (unpaired) electrons. The Morgan fingerprint density at radius 1 is 1.15 bits per heavy atom. The molecule has 1 aliphatic heterocycles. The molecule has 2 unspecified atom stereocenters. The molecular weight excluding hydrogens is 524 g/mol. The van der Waals surface area contributed by atoms with Crippen molar-refractivity contribution in [2.75, 3.05) is 25.6 Å². The molecule has 1 amide bonds. The van der Waals surface area contributed by atoms with E-state index in [2.05, 4.69) is 10.3 Å². The molecule has 0 saturated carbocycles. The first-order valence-electron chi connectivity index (χ1n) is 12.7. The number of likely N-dealkylation sites (tertiary alicyclic amines) is 1. The van der Waals surface area contributed by atoms with Crippen LogP contribution in [-0.4, -0.2) is 52.9 Å². The minimum atomic E-state index is -1.08. The highest BCUT2D eigenvalue weighted by Gasteiger charge is 2.52. The quantitative estimate of drug-likeness (QED) is 0.260. The zero-order chi connectivity index (χ0) is 28.4. The van der Waals surface area contributed by atoms with Crippen molar-refractivity contribution in [2.24, 2.45) is 0 Å². The van der Waals surface area contributed by atoms with Crippen LogP contribution in [0, 0.1) is 18.6 Å². The van der Waals surface area contributed by atoms with Crippen LogP contribution in [0.25, 0.3) is 11.1 Å². The van der Waals surface area contributed by atoms with Crippen molar-refractivity contribution in [3.8, 4) is 5.75 Å². The first-order chi connectivity index (χ1) is 19.2. The Hall–Kier alpha value is -4.35. The van der Waals surface area contributed by atoms with Gasteiger partial charge in [-0.1, -0.05) is 16.8 Å². The molecule has 2 heterocycles. The molecule has 40 heavy (non-hydrogen) atoms. The van der Waals surface area contributed by atoms with Gasteiger partial charge in [0.15, 0.2) is 23.2 Å². The molecule has 11 heteroatoms. The Balaban J connectivity index is 1.42. The van der Waals surface area contributed by atoms with E-state index in [0.717, 1.165) is 5.56 Å². The second-order valence-corrected chi connectivity index (χ2v) is 9.75. The maximum atomic E-state index is 15.6. The number of amides is 1. The molecule has 0 spiro atoms. The summed E-state index contributed by atoms with van der Waals surface area (Å²) in [4.78, 5) is 35.6. The highest BCUT2D eigenvalue weighted by molar-refractivity contribution is 5.87. The van der Waals surface area contributed by atoms with E-state index in [0.29, 0.717) is 30.8 Å². The number of carbonyl (C=O) groups excluding carboxylic acids is 1. The smallest absolute Gasteiger partial charge is 0.359 e. The summed E-state index contributed by atoms with van der Waals surface area (Å²) in [6, 6.07) is 12.7. The zero-order valence-electron chi connectivity index (χ0n) is 21.9. The van der Waals surface area contributed by atoms with Crippen LogP contribution in [0.2, 0.25) is 0 Å². The number of methoxy groups -OCH3 is 1. The van der Waals surface area contributed by atoms with Crippen LogP contribution in [0.5, 0.6) is 5.75 Å². The van der Waals surface area contributed by atoms with Gasteiger partial charge in [0.25, 0.3) is 6.01 Å². The number of ether oxygens (including phenoxy) is 1. The van der Waals surface area contributed by atoms with Crippen molar-refractivity contribution < 1.29 is 42.1 Å². The predicted octanol–water partition coefficient (Wildman–Crippen LogP) is 5.54. The lowest BCUT2D eigenvalue weighted by molar-refractivity contribution is -1.02. The number of nitrogens with one attached hydrogen (secondary N) is 1. The molecule has 1 aliphatic rings. The molecule has 208 valence electrons. The minimum Gasteiger partial charge on any atom is -0.478 e. The number of aromatic carboxylic acids is 1. The van der Waals surface area contributed by atoms with Crippen LogP contribution in [0.4, 0.5) is 20.5 Å². The highest BCUT2D eigenvalue weighted by Crippen LogP contribution is 2.33. The number of anilines is 2. The fourth-order valence-electron chi connectivity index (χ4n) is 5.03. The normalized spacial score (nSPS) is 18.6. The third kappa shape index (κ3) is 5.25. The second-order valence-electron chi connectivity index (χ2n) is 9.75. The van der Waals surface area contributed by atoms with Gasteiger partial charge in [0.2, 0.25) is 0 Å². The summed E-state index contributed by atoms with van der Waals surface area (Å²) in [6.07, 6.45) is 1.05. The Bertz CT molecular complexity index is 1570. The van der Waals surface area contributed by atoms with Crippen molar-refractivity contribution in [2.45, 2.75) is 32.2 Å². The number of carbonyl (C=O) groups is 2. The van der Waals surface area contributed by atoms with Crippen molar-refractivity contribution in [3.05, 3.63) is 82.9 Å². The van der Waals surface area contributed by atoms with E-state index >= 15 is 4.39 Å². The second kappa shape index (κ2) is 11.0. The lowest BCUT2D eigenvalue weighted by Gasteiger charge is -2.34. The number of carboxylic acid groups (broad SMARTS) is 1. The van der Waals surface area contributed by atoms with Crippen LogP contribution in [-0.2, 0) is 16.0 Å². The van der Waals surface area contributed by atoms with Crippen LogP contribution in [0.3, 0.4) is 0 Å². The molecule has 1 aromatic heterocycles. The van der Waals surface area contributed by atoms with E-state index in [-0.39, 0.29) is 53.2 Å². The first kappa shape index (κ1) is 27.2. The third-order valence-corrected chi connectivity index (χ3v) is 7.13. The average Bonchev–Trinajstić information content (AvgIpc) is 3.53. The SMILES string of the molecule is COCC1CCC[N+]1(Oc1ccc(C(=O)O)cc1)C(=O)Cc1ccc2nc(Nc3cc(F)ccc3C)oc2c1F. The van der Waals surface area contributed by atoms with E-state index in [1.807, 2.05) is 0 Å². The number of halogens is 2. The van der Waals surface area contributed by atoms with Gasteiger partial charge in [-0.2, -0.15) is 4.98 Å². The van der Waals surface area contributed by atoms with E-state index in [9.17, 15) is 19.1 Å². The van der Waals surface area contributed by atoms with Gasteiger partial charge >= 0.3 is 11.9 Å². The number of oxazole rings is 1. The number of quaternary nitrogens is 1. The third-order valence-electron chi connectivity index (χ3n) is 7.13. The summed E-state index contributed by atoms with van der Waals surface area (Å²) in [5.41, 5.74) is 1.48. The van der Waals surface area contributed by atoms with Crippen LogP contribution >= 0.6 is 0 Å². The number of hydrogen-bond acceptors (Lipinski definition) is 7. The molecule has 3 aromatic carbocycles. The topological polar surface area (TPSA) is 111 Å². The van der Waals surface area contributed by atoms with E-state index in [4.69, 9.17) is 14.0 Å². The van der Waals surface area contributed by atoms with Gasteiger partial charge in [-0.15, -0.1) is 0 Å². The molecule has 9 nitrogen and oxygen atoms in total. The largest absolute Gasteiger partial charge is 0.478 e. The van der Waals surface area contributed by atoms with Gasteiger partial charge < -0.3 is 24.4 Å². The van der Waals surface area contributed by atoms with Crippen LogP contribution in [0.1, 0.15) is 34.3 Å². The van der Waals surface area contributed by atoms with Gasteiger partial charge in [-0.25, -0.2) is 18.4 Å². The number of aryl methyl sites for hydroxylation is 1. The van der Waals surface area contributed by atoms with Crippen LogP contribution in [0.15, 0.2) is 59.0 Å². The van der Waals surface area contributed by atoms with Gasteiger partial charge in [-0.3, -0.25) is 0 Å². The van der Waals surface area contributed by atoms with E-state index in [1.165, 1.54) is 49.6 Å². The molecular formula is C29H28F2N3O6+. The summed E-state index contributed by atoms with van der Waals surface area (Å²) in [5, 5.41) is 12.1. The van der Waals surface area contributed by atoms with Gasteiger partial charge in [-0.05, 0) is 55.0 Å². The average molecular weight is 553 g/mol. The summed E-state index contributed by atoms with van der Waals surface area (Å²) in [6.45, 7) is 2.38. The van der Waals surface area contributed by atoms with E-state index < -0.39 is 22.3 Å². The number of rotatable bonds is 9. The standard InChI is InChI=1S/C29H27F2N3O6/c1-17-5-9-20(30)15-24(17)33-29-32-23-12-8-19(26(31)27(23)39-29)14-25(35)34(13-3-4-21(34)16-38-2)40-22-10-6-18(7-11-22)28(36)37/h5-12,15,21H,3-4,13-14,16H2,1-2H3,(H-,32,33,36,37)/p+1. The lowest BCUT2D eigenvalue weighted by atomic mass is 10.1. The number of carboxylic acids is 1.